The second-order valence-electron chi connectivity index (χ2n) is 7.83. The molecule has 2 heterocycles. The Labute approximate surface area is 167 Å². The molecule has 1 unspecified atom stereocenters. The number of para-hydroxylation sites is 1. The Morgan fingerprint density at radius 2 is 1.96 bits per heavy atom. The van der Waals surface area contributed by atoms with Gasteiger partial charge in [0.2, 0.25) is 5.91 Å². The van der Waals surface area contributed by atoms with Crippen LogP contribution in [0.25, 0.3) is 5.69 Å². The normalized spacial score (nSPS) is 16.4. The highest BCUT2D eigenvalue weighted by molar-refractivity contribution is 5.85. The summed E-state index contributed by atoms with van der Waals surface area (Å²) in [6, 6.07) is 9.85. The predicted octanol–water partition coefficient (Wildman–Crippen LogP) is 3.07. The summed E-state index contributed by atoms with van der Waals surface area (Å²) < 4.78 is 1.74. The Hall–Kier alpha value is -1.92. The maximum absolute atomic E-state index is 12.6. The zero-order valence-corrected chi connectivity index (χ0v) is 17.1. The van der Waals surface area contributed by atoms with Crippen molar-refractivity contribution in [3.8, 4) is 5.69 Å². The minimum Gasteiger partial charge on any atom is -0.345 e. The molecule has 1 aliphatic rings. The lowest BCUT2D eigenvalue weighted by Crippen LogP contribution is -2.42. The van der Waals surface area contributed by atoms with Crippen LogP contribution in [-0.2, 0) is 10.3 Å². The number of benzene rings is 1. The Balaban J connectivity index is 0.00000261. The molecule has 1 amide bonds. The molecule has 1 fully saturated rings. The highest BCUT2D eigenvalue weighted by atomic mass is 35.5. The summed E-state index contributed by atoms with van der Waals surface area (Å²) in [5.41, 5.74) is 1.15. The minimum atomic E-state index is -0.558. The molecule has 0 bridgehead atoms. The van der Waals surface area contributed by atoms with Gasteiger partial charge < -0.3 is 10.6 Å². The fourth-order valence-corrected chi connectivity index (χ4v) is 3.59. The van der Waals surface area contributed by atoms with E-state index in [0.717, 1.165) is 37.3 Å². The molecule has 7 heteroatoms. The van der Waals surface area contributed by atoms with Gasteiger partial charge in [0.1, 0.15) is 5.69 Å². The molecule has 6 nitrogen and oxygen atoms in total. The van der Waals surface area contributed by atoms with Crippen LogP contribution in [0.5, 0.6) is 0 Å². The number of hydrogen-bond acceptors (Lipinski definition) is 4. The zero-order chi connectivity index (χ0) is 18.6. The van der Waals surface area contributed by atoms with E-state index in [1.54, 1.807) is 4.68 Å². The van der Waals surface area contributed by atoms with Crippen molar-refractivity contribution in [2.45, 2.75) is 45.6 Å². The number of carbonyl (C=O) groups excluding carboxylic acids is 1. The molecule has 1 aliphatic heterocycles. The number of aromatic nitrogens is 3. The molecular weight excluding hydrogens is 362 g/mol. The van der Waals surface area contributed by atoms with Crippen molar-refractivity contribution < 1.29 is 4.79 Å². The fraction of sp³-hybridized carbons (Fsp3) is 0.550. The van der Waals surface area contributed by atoms with E-state index in [4.69, 9.17) is 0 Å². The van der Waals surface area contributed by atoms with Crippen LogP contribution in [0.1, 0.15) is 45.7 Å². The molecule has 2 aromatic rings. The Bertz CT molecular complexity index is 725. The minimum absolute atomic E-state index is 0. The monoisotopic (exact) mass is 391 g/mol. The molecule has 1 aromatic carbocycles. The van der Waals surface area contributed by atoms with Gasteiger partial charge in [0, 0.05) is 6.42 Å². The van der Waals surface area contributed by atoms with Crippen LogP contribution in [0.2, 0.25) is 0 Å². The summed E-state index contributed by atoms with van der Waals surface area (Å²) >= 11 is 0. The standard InChI is InChI=1S/C20H29N5O.ClH/c1-15(16-9-11-21-12-10-16)13-19(26)22-20(2,3)18-14-25(24-23-18)17-7-5-4-6-8-17;/h4-8,14-16,21H,9-13H2,1-3H3,(H,22,26);1H. The molecular formula is C20H30ClN5O. The average molecular weight is 392 g/mol. The topological polar surface area (TPSA) is 71.8 Å². The Morgan fingerprint density at radius 1 is 1.30 bits per heavy atom. The first-order valence-corrected chi connectivity index (χ1v) is 9.45. The lowest BCUT2D eigenvalue weighted by Gasteiger charge is -2.29. The van der Waals surface area contributed by atoms with Gasteiger partial charge in [-0.25, -0.2) is 4.68 Å². The third-order valence-corrected chi connectivity index (χ3v) is 5.30. The first kappa shape index (κ1) is 21.4. The summed E-state index contributed by atoms with van der Waals surface area (Å²) in [6.07, 6.45) is 4.75. The van der Waals surface area contributed by atoms with Gasteiger partial charge in [0.15, 0.2) is 0 Å². The molecule has 3 rings (SSSR count). The van der Waals surface area contributed by atoms with E-state index in [-0.39, 0.29) is 18.3 Å². The maximum Gasteiger partial charge on any atom is 0.221 e. The van der Waals surface area contributed by atoms with Crippen molar-refractivity contribution in [3.05, 3.63) is 42.2 Å². The van der Waals surface area contributed by atoms with Gasteiger partial charge in [0.05, 0.1) is 17.4 Å². The summed E-state index contributed by atoms with van der Waals surface area (Å²) in [5, 5.41) is 15.0. The molecule has 0 saturated carbocycles. The molecule has 2 N–H and O–H groups in total. The van der Waals surface area contributed by atoms with Crippen molar-refractivity contribution in [2.24, 2.45) is 11.8 Å². The largest absolute Gasteiger partial charge is 0.345 e. The van der Waals surface area contributed by atoms with E-state index in [9.17, 15) is 4.79 Å². The van der Waals surface area contributed by atoms with Gasteiger partial charge >= 0.3 is 0 Å². The molecule has 0 radical (unpaired) electrons. The third-order valence-electron chi connectivity index (χ3n) is 5.30. The number of nitrogens with one attached hydrogen (secondary N) is 2. The van der Waals surface area contributed by atoms with Crippen LogP contribution >= 0.6 is 12.4 Å². The van der Waals surface area contributed by atoms with E-state index < -0.39 is 5.54 Å². The highest BCUT2D eigenvalue weighted by Gasteiger charge is 2.28. The lowest BCUT2D eigenvalue weighted by atomic mass is 9.84. The predicted molar refractivity (Wildman–Crippen MR) is 109 cm³/mol. The smallest absolute Gasteiger partial charge is 0.221 e. The quantitative estimate of drug-likeness (QED) is 0.793. The molecule has 1 atom stereocenters. The molecule has 1 saturated heterocycles. The van der Waals surface area contributed by atoms with Crippen molar-refractivity contribution in [1.82, 2.24) is 25.6 Å². The van der Waals surface area contributed by atoms with Gasteiger partial charge in [-0.15, -0.1) is 17.5 Å². The van der Waals surface area contributed by atoms with E-state index in [1.807, 2.05) is 50.4 Å². The molecule has 27 heavy (non-hydrogen) atoms. The zero-order valence-electron chi connectivity index (χ0n) is 16.3. The van der Waals surface area contributed by atoms with Crippen LogP contribution < -0.4 is 10.6 Å². The number of amides is 1. The van der Waals surface area contributed by atoms with E-state index in [0.29, 0.717) is 18.3 Å². The molecule has 148 valence electrons. The third kappa shape index (κ3) is 5.53. The summed E-state index contributed by atoms with van der Waals surface area (Å²) in [5.74, 6) is 1.10. The van der Waals surface area contributed by atoms with Crippen LogP contribution in [0.15, 0.2) is 36.5 Å². The van der Waals surface area contributed by atoms with Gasteiger partial charge in [0.25, 0.3) is 0 Å². The lowest BCUT2D eigenvalue weighted by molar-refractivity contribution is -0.124. The average Bonchev–Trinajstić information content (AvgIpc) is 3.14. The molecule has 0 spiro atoms. The SMILES string of the molecule is CC(CC(=O)NC(C)(C)c1cn(-c2ccccc2)nn1)C1CCNCC1.Cl. The Kier molecular flexibility index (Phi) is 7.39. The number of rotatable bonds is 6. The second-order valence-corrected chi connectivity index (χ2v) is 7.83. The Morgan fingerprint density at radius 3 is 2.63 bits per heavy atom. The fourth-order valence-electron chi connectivity index (χ4n) is 3.59. The van der Waals surface area contributed by atoms with Crippen molar-refractivity contribution in [2.75, 3.05) is 13.1 Å². The number of piperidine rings is 1. The van der Waals surface area contributed by atoms with Crippen LogP contribution in [0, 0.1) is 11.8 Å². The maximum atomic E-state index is 12.6. The van der Waals surface area contributed by atoms with Crippen LogP contribution in [0.4, 0.5) is 0 Å². The van der Waals surface area contributed by atoms with E-state index in [1.165, 1.54) is 0 Å². The van der Waals surface area contributed by atoms with Gasteiger partial charge in [-0.05, 0) is 63.7 Å². The van der Waals surface area contributed by atoms with Crippen LogP contribution in [-0.4, -0.2) is 34.0 Å². The molecule has 0 aliphatic carbocycles. The van der Waals surface area contributed by atoms with Gasteiger partial charge in [-0.3, -0.25) is 4.79 Å². The van der Waals surface area contributed by atoms with E-state index in [2.05, 4.69) is 27.9 Å². The van der Waals surface area contributed by atoms with Gasteiger partial charge in [-0.2, -0.15) is 0 Å². The highest BCUT2D eigenvalue weighted by Crippen LogP contribution is 2.25. The first-order valence-electron chi connectivity index (χ1n) is 9.45. The number of carbonyl (C=O) groups is 1. The van der Waals surface area contributed by atoms with Gasteiger partial charge in [-0.1, -0.05) is 30.3 Å². The van der Waals surface area contributed by atoms with E-state index >= 15 is 0 Å². The van der Waals surface area contributed by atoms with Crippen molar-refractivity contribution in [3.63, 3.8) is 0 Å². The first-order chi connectivity index (χ1) is 12.5. The van der Waals surface area contributed by atoms with Crippen molar-refractivity contribution in [1.29, 1.82) is 0 Å². The number of halogens is 1. The summed E-state index contributed by atoms with van der Waals surface area (Å²) in [7, 11) is 0. The summed E-state index contributed by atoms with van der Waals surface area (Å²) in [6.45, 7) is 8.25. The van der Waals surface area contributed by atoms with Crippen LogP contribution in [0.3, 0.4) is 0 Å². The van der Waals surface area contributed by atoms with Crippen molar-refractivity contribution >= 4 is 18.3 Å². The number of hydrogen-bond donors (Lipinski definition) is 2. The molecule has 1 aromatic heterocycles. The number of nitrogens with zero attached hydrogens (tertiary/aromatic N) is 3. The second kappa shape index (κ2) is 9.33. The summed E-state index contributed by atoms with van der Waals surface area (Å²) in [4.78, 5) is 12.6.